The molecule has 0 spiro atoms. The molecule has 0 radical (unpaired) electrons. The highest BCUT2D eigenvalue weighted by molar-refractivity contribution is 6.32. The molecular formula is C14H21ClN2O. The molecule has 1 aromatic rings. The maximum absolute atomic E-state index is 6.20. The monoisotopic (exact) mass is 268 g/mol. The van der Waals surface area contributed by atoms with E-state index in [0.29, 0.717) is 11.1 Å². The van der Waals surface area contributed by atoms with Crippen molar-refractivity contribution in [3.63, 3.8) is 0 Å². The lowest BCUT2D eigenvalue weighted by molar-refractivity contribution is 0.402. The van der Waals surface area contributed by atoms with Crippen LogP contribution in [0.5, 0.6) is 5.75 Å². The second-order valence-electron chi connectivity index (χ2n) is 5.25. The normalized spacial score (nSPS) is 22.3. The zero-order valence-electron chi connectivity index (χ0n) is 11.5. The zero-order chi connectivity index (χ0) is 13.3. The number of methoxy groups -OCH3 is 1. The van der Waals surface area contributed by atoms with Crippen LogP contribution in [0.25, 0.3) is 0 Å². The molecule has 1 unspecified atom stereocenters. The summed E-state index contributed by atoms with van der Waals surface area (Å²) in [5.41, 5.74) is 1.25. The standard InChI is InChI=1S/C14H21ClN2O/c1-14(2)13(16-3)7-8-17(14)10-5-6-12(18-4)11(15)9-10/h5-6,9,13,16H,7-8H2,1-4H3. The van der Waals surface area contributed by atoms with Crippen LogP contribution in [0.2, 0.25) is 5.02 Å². The highest BCUT2D eigenvalue weighted by Crippen LogP contribution is 2.37. The molecule has 0 aromatic heterocycles. The van der Waals surface area contributed by atoms with Crippen molar-refractivity contribution in [3.05, 3.63) is 23.2 Å². The van der Waals surface area contributed by atoms with Crippen molar-refractivity contribution >= 4 is 17.3 Å². The number of likely N-dealkylation sites (N-methyl/N-ethyl adjacent to an activating group) is 1. The highest BCUT2D eigenvalue weighted by Gasteiger charge is 2.40. The van der Waals surface area contributed by atoms with Crippen molar-refractivity contribution < 1.29 is 4.74 Å². The summed E-state index contributed by atoms with van der Waals surface area (Å²) in [5, 5.41) is 4.06. The number of benzene rings is 1. The Labute approximate surface area is 114 Å². The summed E-state index contributed by atoms with van der Waals surface area (Å²) in [7, 11) is 3.66. The molecule has 1 aromatic carbocycles. The molecule has 3 nitrogen and oxygen atoms in total. The topological polar surface area (TPSA) is 24.5 Å². The van der Waals surface area contributed by atoms with Crippen LogP contribution < -0.4 is 15.0 Å². The van der Waals surface area contributed by atoms with E-state index in [0.717, 1.165) is 24.4 Å². The summed E-state index contributed by atoms with van der Waals surface area (Å²) < 4.78 is 5.19. The van der Waals surface area contributed by atoms with E-state index in [1.807, 2.05) is 19.2 Å². The average Bonchev–Trinajstić information content (AvgIpc) is 2.63. The summed E-state index contributed by atoms with van der Waals surface area (Å²) in [5.74, 6) is 0.725. The van der Waals surface area contributed by atoms with Crippen molar-refractivity contribution in [2.75, 3.05) is 25.6 Å². The van der Waals surface area contributed by atoms with Gasteiger partial charge in [0.2, 0.25) is 0 Å². The first kappa shape index (κ1) is 13.5. The second-order valence-corrected chi connectivity index (χ2v) is 5.66. The van der Waals surface area contributed by atoms with Gasteiger partial charge >= 0.3 is 0 Å². The average molecular weight is 269 g/mol. The van der Waals surface area contributed by atoms with Crippen LogP contribution in [0.4, 0.5) is 5.69 Å². The van der Waals surface area contributed by atoms with Crippen molar-refractivity contribution in [2.45, 2.75) is 31.8 Å². The van der Waals surface area contributed by atoms with E-state index in [9.17, 15) is 0 Å². The van der Waals surface area contributed by atoms with Gasteiger partial charge in [-0.3, -0.25) is 0 Å². The van der Waals surface area contributed by atoms with Crippen molar-refractivity contribution in [1.29, 1.82) is 0 Å². The Morgan fingerprint density at radius 2 is 2.17 bits per heavy atom. The van der Waals surface area contributed by atoms with Gasteiger partial charge in [0, 0.05) is 23.8 Å². The molecule has 1 fully saturated rings. The molecule has 2 rings (SSSR count). The molecule has 1 atom stereocenters. The van der Waals surface area contributed by atoms with E-state index in [2.05, 4.69) is 30.1 Å². The minimum atomic E-state index is 0.0899. The Kier molecular flexibility index (Phi) is 3.74. The van der Waals surface area contributed by atoms with E-state index in [1.165, 1.54) is 0 Å². The molecule has 0 bridgehead atoms. The Hall–Kier alpha value is -0.930. The molecule has 18 heavy (non-hydrogen) atoms. The van der Waals surface area contributed by atoms with E-state index in [1.54, 1.807) is 7.11 Å². The zero-order valence-corrected chi connectivity index (χ0v) is 12.2. The number of hydrogen-bond acceptors (Lipinski definition) is 3. The molecule has 1 N–H and O–H groups in total. The summed E-state index contributed by atoms with van der Waals surface area (Å²) in [6.45, 7) is 5.57. The lowest BCUT2D eigenvalue weighted by Crippen LogP contribution is -2.50. The molecule has 1 heterocycles. The minimum Gasteiger partial charge on any atom is -0.495 e. The number of nitrogens with one attached hydrogen (secondary N) is 1. The lowest BCUT2D eigenvalue weighted by atomic mass is 9.95. The quantitative estimate of drug-likeness (QED) is 0.912. The third-order valence-electron chi connectivity index (χ3n) is 3.99. The van der Waals surface area contributed by atoms with Gasteiger partial charge < -0.3 is 15.0 Å². The van der Waals surface area contributed by atoms with Gasteiger partial charge in [0.25, 0.3) is 0 Å². The third kappa shape index (κ3) is 2.17. The van der Waals surface area contributed by atoms with Crippen LogP contribution in [-0.2, 0) is 0 Å². The minimum absolute atomic E-state index is 0.0899. The second kappa shape index (κ2) is 4.98. The van der Waals surface area contributed by atoms with Crippen LogP contribution in [0, 0.1) is 0 Å². The van der Waals surface area contributed by atoms with E-state index in [-0.39, 0.29) is 5.54 Å². The predicted molar refractivity (Wildman–Crippen MR) is 76.9 cm³/mol. The van der Waals surface area contributed by atoms with Gasteiger partial charge in [0.1, 0.15) is 5.75 Å². The van der Waals surface area contributed by atoms with E-state index >= 15 is 0 Å². The van der Waals surface area contributed by atoms with E-state index in [4.69, 9.17) is 16.3 Å². The van der Waals surface area contributed by atoms with Crippen LogP contribution in [-0.4, -0.2) is 32.3 Å². The van der Waals surface area contributed by atoms with Gasteiger partial charge in [0.05, 0.1) is 12.1 Å². The Bertz CT molecular complexity index is 434. The fraction of sp³-hybridized carbons (Fsp3) is 0.571. The van der Waals surface area contributed by atoms with Gasteiger partial charge in [-0.05, 0) is 45.5 Å². The molecule has 0 amide bonds. The Balaban J connectivity index is 2.30. The van der Waals surface area contributed by atoms with Crippen LogP contribution in [0.3, 0.4) is 0 Å². The maximum Gasteiger partial charge on any atom is 0.137 e. The Morgan fingerprint density at radius 1 is 1.44 bits per heavy atom. The van der Waals surface area contributed by atoms with Crippen LogP contribution in [0.15, 0.2) is 18.2 Å². The summed E-state index contributed by atoms with van der Waals surface area (Å²) in [6.07, 6.45) is 1.15. The van der Waals surface area contributed by atoms with E-state index < -0.39 is 0 Å². The van der Waals surface area contributed by atoms with Gasteiger partial charge in [-0.1, -0.05) is 11.6 Å². The smallest absolute Gasteiger partial charge is 0.137 e. The molecule has 1 aliphatic rings. The first-order chi connectivity index (χ1) is 8.50. The number of hydrogen-bond donors (Lipinski definition) is 1. The fourth-order valence-corrected chi connectivity index (χ4v) is 3.12. The lowest BCUT2D eigenvalue weighted by Gasteiger charge is -2.37. The van der Waals surface area contributed by atoms with Crippen molar-refractivity contribution in [1.82, 2.24) is 5.32 Å². The first-order valence-electron chi connectivity index (χ1n) is 6.29. The van der Waals surface area contributed by atoms with Crippen molar-refractivity contribution in [3.8, 4) is 5.75 Å². The molecule has 100 valence electrons. The molecular weight excluding hydrogens is 248 g/mol. The molecule has 0 saturated carbocycles. The number of ether oxygens (including phenoxy) is 1. The molecule has 1 aliphatic heterocycles. The van der Waals surface area contributed by atoms with Gasteiger partial charge in [-0.25, -0.2) is 0 Å². The highest BCUT2D eigenvalue weighted by atomic mass is 35.5. The third-order valence-corrected chi connectivity index (χ3v) is 4.28. The number of rotatable bonds is 3. The van der Waals surface area contributed by atoms with Gasteiger partial charge in [-0.2, -0.15) is 0 Å². The fourth-order valence-electron chi connectivity index (χ4n) is 2.87. The summed E-state index contributed by atoms with van der Waals surface area (Å²) in [4.78, 5) is 2.40. The summed E-state index contributed by atoms with van der Waals surface area (Å²) >= 11 is 6.20. The molecule has 1 saturated heterocycles. The van der Waals surface area contributed by atoms with Gasteiger partial charge in [0.15, 0.2) is 0 Å². The number of anilines is 1. The van der Waals surface area contributed by atoms with Gasteiger partial charge in [-0.15, -0.1) is 0 Å². The predicted octanol–water partition coefficient (Wildman–Crippen LogP) is 2.93. The van der Waals surface area contributed by atoms with Crippen LogP contribution >= 0.6 is 11.6 Å². The Morgan fingerprint density at radius 3 is 2.67 bits per heavy atom. The number of nitrogens with zero attached hydrogens (tertiary/aromatic N) is 1. The SMILES string of the molecule is CNC1CCN(c2ccc(OC)c(Cl)c2)C1(C)C. The first-order valence-corrected chi connectivity index (χ1v) is 6.67. The molecule has 4 heteroatoms. The van der Waals surface area contributed by atoms with Crippen LogP contribution in [0.1, 0.15) is 20.3 Å². The summed E-state index contributed by atoms with van der Waals surface area (Å²) in [6, 6.07) is 6.49. The molecule has 0 aliphatic carbocycles. The van der Waals surface area contributed by atoms with Crippen molar-refractivity contribution in [2.24, 2.45) is 0 Å². The largest absolute Gasteiger partial charge is 0.495 e. The maximum atomic E-state index is 6.20. The number of halogens is 1.